The molecule has 2 aromatic carbocycles. The number of benzene rings is 2. The lowest BCUT2D eigenvalue weighted by molar-refractivity contribution is -0.386. The van der Waals surface area contributed by atoms with Gasteiger partial charge in [0.05, 0.1) is 9.82 Å². The topological polar surface area (TPSA) is 154 Å². The van der Waals surface area contributed by atoms with Crippen molar-refractivity contribution >= 4 is 33.1 Å². The molecule has 0 spiro atoms. The van der Waals surface area contributed by atoms with Crippen molar-refractivity contribution in [3.8, 4) is 5.75 Å². The number of sulfonamides is 1. The molecule has 1 aromatic heterocycles. The van der Waals surface area contributed by atoms with Crippen LogP contribution in [0.2, 0.25) is 0 Å². The van der Waals surface area contributed by atoms with Crippen LogP contribution in [0, 0.1) is 17.0 Å². The van der Waals surface area contributed by atoms with Crippen molar-refractivity contribution in [2.75, 3.05) is 10.0 Å². The standard InChI is InChI=1S/C19H18N4O7S/c1-12-11-18(21-30-12)22-31(27,28)15-9-7-14(8-10-15)20-19(24)13(2)29-17-6-4-3-5-16(17)23(25)26/h3-11,13H,1-2H3,(H,20,24)(H,21,22). The maximum atomic E-state index is 12.4. The number of aryl methyl sites for hydroxylation is 1. The average molecular weight is 446 g/mol. The van der Waals surface area contributed by atoms with Gasteiger partial charge in [0.2, 0.25) is 0 Å². The average Bonchev–Trinajstić information content (AvgIpc) is 3.12. The third-order valence-corrected chi connectivity index (χ3v) is 5.40. The Labute approximate surface area is 177 Å². The van der Waals surface area contributed by atoms with Gasteiger partial charge in [0.1, 0.15) is 5.76 Å². The van der Waals surface area contributed by atoms with Crippen molar-refractivity contribution in [1.29, 1.82) is 0 Å². The number of hydrogen-bond donors (Lipinski definition) is 2. The van der Waals surface area contributed by atoms with E-state index < -0.39 is 27.0 Å². The molecule has 162 valence electrons. The Bertz CT molecular complexity index is 1210. The summed E-state index contributed by atoms with van der Waals surface area (Å²) in [5.41, 5.74) is 0.0609. The third kappa shape index (κ3) is 5.36. The maximum Gasteiger partial charge on any atom is 0.310 e. The van der Waals surface area contributed by atoms with E-state index in [0.717, 1.165) is 0 Å². The second-order valence-corrected chi connectivity index (χ2v) is 8.11. The number of hydrogen-bond acceptors (Lipinski definition) is 8. The van der Waals surface area contributed by atoms with E-state index >= 15 is 0 Å². The lowest BCUT2D eigenvalue weighted by Gasteiger charge is -2.15. The number of nitro groups is 1. The number of anilines is 2. The number of carbonyl (C=O) groups is 1. The number of aromatic nitrogens is 1. The summed E-state index contributed by atoms with van der Waals surface area (Å²) >= 11 is 0. The molecule has 31 heavy (non-hydrogen) atoms. The van der Waals surface area contributed by atoms with Gasteiger partial charge in [-0.05, 0) is 44.2 Å². The molecule has 12 heteroatoms. The Morgan fingerprint density at radius 3 is 2.48 bits per heavy atom. The SMILES string of the molecule is Cc1cc(NS(=O)(=O)c2ccc(NC(=O)C(C)Oc3ccccc3[N+](=O)[O-])cc2)no1. The van der Waals surface area contributed by atoms with E-state index in [2.05, 4.69) is 15.2 Å². The number of nitrogens with one attached hydrogen (secondary N) is 2. The summed E-state index contributed by atoms with van der Waals surface area (Å²) in [5, 5.41) is 17.2. The van der Waals surface area contributed by atoms with Gasteiger partial charge in [-0.15, -0.1) is 0 Å². The minimum Gasteiger partial charge on any atom is -0.474 e. The highest BCUT2D eigenvalue weighted by Crippen LogP contribution is 2.27. The van der Waals surface area contributed by atoms with Gasteiger partial charge >= 0.3 is 5.69 Å². The van der Waals surface area contributed by atoms with Crippen LogP contribution in [0.5, 0.6) is 5.75 Å². The molecule has 1 heterocycles. The van der Waals surface area contributed by atoms with Crippen LogP contribution in [0.25, 0.3) is 0 Å². The monoisotopic (exact) mass is 446 g/mol. The van der Waals surface area contributed by atoms with E-state index in [1.807, 2.05) is 0 Å². The zero-order chi connectivity index (χ0) is 22.6. The molecule has 1 atom stereocenters. The van der Waals surface area contributed by atoms with Crippen molar-refractivity contribution < 1.29 is 27.4 Å². The minimum atomic E-state index is -3.89. The van der Waals surface area contributed by atoms with Gasteiger partial charge in [0.25, 0.3) is 15.9 Å². The quantitative estimate of drug-likeness (QED) is 0.395. The molecule has 2 N–H and O–H groups in total. The molecular formula is C19H18N4O7S. The minimum absolute atomic E-state index is 0.0363. The van der Waals surface area contributed by atoms with Gasteiger partial charge in [0.15, 0.2) is 17.7 Å². The van der Waals surface area contributed by atoms with Gasteiger partial charge < -0.3 is 14.6 Å². The van der Waals surface area contributed by atoms with Crippen LogP contribution in [0.3, 0.4) is 0 Å². The van der Waals surface area contributed by atoms with Crippen molar-refractivity contribution in [3.63, 3.8) is 0 Å². The van der Waals surface area contributed by atoms with Gasteiger partial charge in [-0.1, -0.05) is 17.3 Å². The number of rotatable bonds is 8. The summed E-state index contributed by atoms with van der Waals surface area (Å²) in [6, 6.07) is 12.6. The molecule has 0 aliphatic rings. The van der Waals surface area contributed by atoms with E-state index in [1.54, 1.807) is 13.0 Å². The van der Waals surface area contributed by atoms with Crippen molar-refractivity contribution in [2.45, 2.75) is 24.8 Å². The van der Waals surface area contributed by atoms with E-state index in [4.69, 9.17) is 9.26 Å². The first kappa shape index (κ1) is 21.8. The third-order valence-electron chi connectivity index (χ3n) is 4.03. The van der Waals surface area contributed by atoms with Crippen molar-refractivity contribution in [1.82, 2.24) is 5.16 Å². The number of carbonyl (C=O) groups excluding carboxylic acids is 1. The molecule has 0 fully saturated rings. The predicted molar refractivity (Wildman–Crippen MR) is 110 cm³/mol. The number of ether oxygens (including phenoxy) is 1. The predicted octanol–water partition coefficient (Wildman–Crippen LogP) is 3.10. The van der Waals surface area contributed by atoms with E-state index in [1.165, 1.54) is 55.5 Å². The fourth-order valence-electron chi connectivity index (χ4n) is 2.52. The Morgan fingerprint density at radius 2 is 1.87 bits per heavy atom. The van der Waals surface area contributed by atoms with Crippen LogP contribution in [0.4, 0.5) is 17.2 Å². The maximum absolute atomic E-state index is 12.4. The molecule has 11 nitrogen and oxygen atoms in total. The first-order valence-electron chi connectivity index (χ1n) is 8.93. The summed E-state index contributed by atoms with van der Waals surface area (Å²) in [6.07, 6.45) is -1.04. The van der Waals surface area contributed by atoms with E-state index in [0.29, 0.717) is 11.4 Å². The Morgan fingerprint density at radius 1 is 1.19 bits per heavy atom. The zero-order valence-corrected chi connectivity index (χ0v) is 17.3. The van der Waals surface area contributed by atoms with Crippen LogP contribution < -0.4 is 14.8 Å². The summed E-state index contributed by atoms with van der Waals surface area (Å²) < 4.78 is 37.3. The van der Waals surface area contributed by atoms with Crippen LogP contribution in [0.1, 0.15) is 12.7 Å². The van der Waals surface area contributed by atoms with Crippen LogP contribution >= 0.6 is 0 Å². The fraction of sp³-hybridized carbons (Fsp3) is 0.158. The van der Waals surface area contributed by atoms with Crippen LogP contribution in [-0.2, 0) is 14.8 Å². The molecule has 3 rings (SSSR count). The number of nitro benzene ring substituents is 1. The Balaban J connectivity index is 1.65. The molecular weight excluding hydrogens is 428 g/mol. The highest BCUT2D eigenvalue weighted by atomic mass is 32.2. The summed E-state index contributed by atoms with van der Waals surface area (Å²) in [4.78, 5) is 22.8. The molecule has 1 amide bonds. The first-order valence-corrected chi connectivity index (χ1v) is 10.4. The van der Waals surface area contributed by atoms with Gasteiger partial charge in [-0.2, -0.15) is 0 Å². The molecule has 3 aromatic rings. The molecule has 0 saturated carbocycles. The number of para-hydroxylation sites is 2. The normalized spacial score (nSPS) is 12.1. The van der Waals surface area contributed by atoms with E-state index in [9.17, 15) is 23.3 Å². The van der Waals surface area contributed by atoms with Crippen LogP contribution in [-0.4, -0.2) is 30.5 Å². The smallest absolute Gasteiger partial charge is 0.310 e. The molecule has 0 bridgehead atoms. The molecule has 0 aliphatic carbocycles. The second kappa shape index (κ2) is 8.83. The molecule has 0 aliphatic heterocycles. The Hall–Kier alpha value is -3.93. The highest BCUT2D eigenvalue weighted by Gasteiger charge is 2.21. The number of nitrogens with zero attached hydrogens (tertiary/aromatic N) is 2. The van der Waals surface area contributed by atoms with E-state index in [-0.39, 0.29) is 22.2 Å². The second-order valence-electron chi connectivity index (χ2n) is 6.43. The summed E-state index contributed by atoms with van der Waals surface area (Å²) in [5.74, 6) is -0.0977. The number of amides is 1. The zero-order valence-electron chi connectivity index (χ0n) is 16.4. The summed E-state index contributed by atoms with van der Waals surface area (Å²) in [6.45, 7) is 3.07. The molecule has 1 unspecified atom stereocenters. The summed E-state index contributed by atoms with van der Waals surface area (Å²) in [7, 11) is -3.89. The first-order chi connectivity index (χ1) is 14.7. The van der Waals surface area contributed by atoms with Gasteiger partial charge in [-0.25, -0.2) is 8.42 Å². The largest absolute Gasteiger partial charge is 0.474 e. The van der Waals surface area contributed by atoms with Crippen molar-refractivity contribution in [2.24, 2.45) is 0 Å². The Kier molecular flexibility index (Phi) is 6.20. The fourth-order valence-corrected chi connectivity index (χ4v) is 3.51. The molecule has 0 saturated heterocycles. The van der Waals surface area contributed by atoms with Crippen molar-refractivity contribution in [3.05, 3.63) is 70.5 Å². The lowest BCUT2D eigenvalue weighted by atomic mass is 10.2. The van der Waals surface area contributed by atoms with Crippen LogP contribution in [0.15, 0.2) is 64.0 Å². The van der Waals surface area contributed by atoms with Gasteiger partial charge in [-0.3, -0.25) is 19.6 Å². The van der Waals surface area contributed by atoms with Gasteiger partial charge in [0, 0.05) is 17.8 Å². The lowest BCUT2D eigenvalue weighted by Crippen LogP contribution is -2.30. The highest BCUT2D eigenvalue weighted by molar-refractivity contribution is 7.92. The molecule has 0 radical (unpaired) electrons.